The van der Waals surface area contributed by atoms with Crippen molar-refractivity contribution in [3.05, 3.63) is 35.7 Å². The maximum Gasteiger partial charge on any atom is 0.224 e. The Bertz CT molecular complexity index is 1070. The zero-order chi connectivity index (χ0) is 23.2. The minimum Gasteiger partial charge on any atom is -0.496 e. The quantitative estimate of drug-likeness (QED) is 0.479. The number of hydrogen-bond donors (Lipinski definition) is 2. The van der Waals surface area contributed by atoms with E-state index in [2.05, 4.69) is 66.8 Å². The van der Waals surface area contributed by atoms with Crippen molar-refractivity contribution in [3.8, 4) is 5.75 Å². The highest BCUT2D eigenvalue weighted by molar-refractivity contribution is 5.84. The van der Waals surface area contributed by atoms with Gasteiger partial charge in [-0.15, -0.1) is 0 Å². The molecule has 1 saturated heterocycles. The molecule has 178 valence electrons. The predicted octanol–water partition coefficient (Wildman–Crippen LogP) is 2.81. The second kappa shape index (κ2) is 10.8. The van der Waals surface area contributed by atoms with E-state index in [9.17, 15) is 0 Å². The number of methoxy groups -OCH3 is 1. The van der Waals surface area contributed by atoms with Gasteiger partial charge in [-0.1, -0.05) is 25.5 Å². The minimum atomic E-state index is 0.230. The Morgan fingerprint density at radius 2 is 2.00 bits per heavy atom. The van der Waals surface area contributed by atoms with Gasteiger partial charge in [-0.05, 0) is 44.6 Å². The molecule has 0 spiro atoms. The van der Waals surface area contributed by atoms with Crippen LogP contribution in [-0.2, 0) is 13.1 Å². The summed E-state index contributed by atoms with van der Waals surface area (Å²) in [7, 11) is 3.93. The van der Waals surface area contributed by atoms with Crippen molar-refractivity contribution in [3.63, 3.8) is 0 Å². The van der Waals surface area contributed by atoms with Crippen LogP contribution in [0.4, 0.5) is 11.8 Å². The van der Waals surface area contributed by atoms with E-state index in [-0.39, 0.29) is 5.95 Å². The number of rotatable bonds is 9. The molecule has 3 heterocycles. The van der Waals surface area contributed by atoms with E-state index in [1.54, 1.807) is 13.4 Å². The molecule has 0 unspecified atom stereocenters. The molecule has 0 amide bonds. The number of nitrogens with zero attached hydrogens (tertiary/aromatic N) is 6. The Balaban J connectivity index is 1.55. The van der Waals surface area contributed by atoms with E-state index in [4.69, 9.17) is 10.5 Å². The topological polar surface area (TPSA) is 97.4 Å². The molecule has 0 radical (unpaired) electrons. The molecule has 0 atom stereocenters. The lowest BCUT2D eigenvalue weighted by molar-refractivity contribution is 0.269. The second-order valence-corrected chi connectivity index (χ2v) is 8.83. The van der Waals surface area contributed by atoms with Crippen LogP contribution in [0.1, 0.15) is 37.3 Å². The monoisotopic (exact) mass is 452 g/mol. The van der Waals surface area contributed by atoms with E-state index in [1.165, 1.54) is 18.5 Å². The first-order valence-electron chi connectivity index (χ1n) is 11.9. The van der Waals surface area contributed by atoms with Crippen LogP contribution >= 0.6 is 0 Å². The van der Waals surface area contributed by atoms with E-state index in [0.717, 1.165) is 68.2 Å². The van der Waals surface area contributed by atoms with Gasteiger partial charge in [0, 0.05) is 31.7 Å². The fourth-order valence-electron chi connectivity index (χ4n) is 4.34. The normalized spacial score (nSPS) is 15.6. The zero-order valence-corrected chi connectivity index (χ0v) is 20.0. The molecule has 1 aromatic carbocycles. The van der Waals surface area contributed by atoms with Crippen LogP contribution in [0.5, 0.6) is 5.75 Å². The average molecular weight is 453 g/mol. The van der Waals surface area contributed by atoms with Gasteiger partial charge < -0.3 is 25.3 Å². The van der Waals surface area contributed by atoms with Crippen molar-refractivity contribution in [1.29, 1.82) is 0 Å². The highest BCUT2D eigenvalue weighted by atomic mass is 16.5. The van der Waals surface area contributed by atoms with Crippen molar-refractivity contribution in [1.82, 2.24) is 29.3 Å². The molecule has 9 heteroatoms. The number of fused-ring (bicyclic) bond motifs is 1. The lowest BCUT2D eigenvalue weighted by Gasteiger charge is -2.21. The van der Waals surface area contributed by atoms with Gasteiger partial charge in [-0.3, -0.25) is 4.90 Å². The SMILES string of the molecule is CCCCNc1nc(N)nc2ncn(Cc3ccc(CN4CCCN(C)CC4)cc3OC)c12. The molecule has 9 nitrogen and oxygen atoms in total. The molecular formula is C24H36N8O. The Hall–Kier alpha value is -2.91. The number of nitrogen functional groups attached to an aromatic ring is 1. The van der Waals surface area contributed by atoms with E-state index < -0.39 is 0 Å². The van der Waals surface area contributed by atoms with Gasteiger partial charge in [0.15, 0.2) is 11.5 Å². The first-order valence-corrected chi connectivity index (χ1v) is 11.9. The zero-order valence-electron chi connectivity index (χ0n) is 20.0. The largest absolute Gasteiger partial charge is 0.496 e. The Labute approximate surface area is 196 Å². The molecule has 0 bridgehead atoms. The molecule has 1 aliphatic rings. The lowest BCUT2D eigenvalue weighted by Crippen LogP contribution is -2.28. The van der Waals surface area contributed by atoms with Crippen LogP contribution in [0.2, 0.25) is 0 Å². The third-order valence-corrected chi connectivity index (χ3v) is 6.22. The third-order valence-electron chi connectivity index (χ3n) is 6.22. The number of hydrogen-bond acceptors (Lipinski definition) is 8. The van der Waals surface area contributed by atoms with Gasteiger partial charge >= 0.3 is 0 Å². The molecule has 3 aromatic rings. The number of likely N-dealkylation sites (N-methyl/N-ethyl adjacent to an activating group) is 1. The molecule has 1 fully saturated rings. The number of unbranched alkanes of at least 4 members (excludes halogenated alkanes) is 1. The molecule has 3 N–H and O–H groups in total. The minimum absolute atomic E-state index is 0.230. The lowest BCUT2D eigenvalue weighted by atomic mass is 10.1. The van der Waals surface area contributed by atoms with Crippen LogP contribution in [0.15, 0.2) is 24.5 Å². The van der Waals surface area contributed by atoms with Crippen molar-refractivity contribution in [2.75, 3.05) is 57.9 Å². The molecule has 4 rings (SSSR count). The van der Waals surface area contributed by atoms with Gasteiger partial charge in [-0.2, -0.15) is 9.97 Å². The van der Waals surface area contributed by atoms with Crippen molar-refractivity contribution in [2.24, 2.45) is 0 Å². The molecule has 0 saturated carbocycles. The van der Waals surface area contributed by atoms with Crippen LogP contribution in [0.25, 0.3) is 11.2 Å². The first-order chi connectivity index (χ1) is 16.1. The highest BCUT2D eigenvalue weighted by Gasteiger charge is 2.16. The molecule has 1 aliphatic heterocycles. The number of nitrogens with two attached hydrogens (primary N) is 1. The van der Waals surface area contributed by atoms with E-state index >= 15 is 0 Å². The molecule has 2 aromatic heterocycles. The van der Waals surface area contributed by atoms with Crippen molar-refractivity contribution >= 4 is 22.9 Å². The fraction of sp³-hybridized carbons (Fsp3) is 0.542. The van der Waals surface area contributed by atoms with Crippen LogP contribution in [0, 0.1) is 0 Å². The average Bonchev–Trinajstić information content (AvgIpc) is 3.08. The third kappa shape index (κ3) is 5.72. The number of anilines is 2. The summed E-state index contributed by atoms with van der Waals surface area (Å²) in [5, 5.41) is 3.40. The molecule has 0 aliphatic carbocycles. The van der Waals surface area contributed by atoms with Gasteiger partial charge in [-0.25, -0.2) is 4.98 Å². The summed E-state index contributed by atoms with van der Waals surface area (Å²) in [5.74, 6) is 1.84. The summed E-state index contributed by atoms with van der Waals surface area (Å²) in [6.45, 7) is 9.06. The molecular weight excluding hydrogens is 416 g/mol. The maximum absolute atomic E-state index is 5.91. The Morgan fingerprint density at radius 3 is 2.82 bits per heavy atom. The number of nitrogens with one attached hydrogen (secondary N) is 1. The number of imidazole rings is 1. The van der Waals surface area contributed by atoms with E-state index in [1.807, 2.05) is 0 Å². The summed E-state index contributed by atoms with van der Waals surface area (Å²) in [6.07, 6.45) is 5.17. The Morgan fingerprint density at radius 1 is 1.12 bits per heavy atom. The Kier molecular flexibility index (Phi) is 7.61. The van der Waals surface area contributed by atoms with Crippen molar-refractivity contribution < 1.29 is 4.74 Å². The maximum atomic E-state index is 5.91. The van der Waals surface area contributed by atoms with Crippen molar-refractivity contribution in [2.45, 2.75) is 39.3 Å². The van der Waals surface area contributed by atoms with Crippen LogP contribution < -0.4 is 15.8 Å². The number of ether oxygens (including phenoxy) is 1. The summed E-state index contributed by atoms with van der Waals surface area (Å²) in [5.41, 5.74) is 9.73. The van der Waals surface area contributed by atoms with Gasteiger partial charge in [0.2, 0.25) is 5.95 Å². The summed E-state index contributed by atoms with van der Waals surface area (Å²) in [6, 6.07) is 6.53. The van der Waals surface area contributed by atoms with Gasteiger partial charge in [0.1, 0.15) is 11.3 Å². The summed E-state index contributed by atoms with van der Waals surface area (Å²) in [4.78, 5) is 18.2. The van der Waals surface area contributed by atoms with Crippen LogP contribution in [-0.4, -0.2) is 76.2 Å². The fourth-order valence-corrected chi connectivity index (χ4v) is 4.34. The van der Waals surface area contributed by atoms with Gasteiger partial charge in [0.05, 0.1) is 20.0 Å². The number of benzene rings is 1. The predicted molar refractivity (Wildman–Crippen MR) is 133 cm³/mol. The first kappa shape index (κ1) is 23.3. The van der Waals surface area contributed by atoms with Gasteiger partial charge in [0.25, 0.3) is 0 Å². The second-order valence-electron chi connectivity index (χ2n) is 8.83. The smallest absolute Gasteiger partial charge is 0.224 e. The van der Waals surface area contributed by atoms with E-state index in [0.29, 0.717) is 12.2 Å². The van der Waals surface area contributed by atoms with Crippen LogP contribution in [0.3, 0.4) is 0 Å². The standard InChI is InChI=1S/C24H36N8O/c1-4-5-9-26-22-21-23(29-24(25)28-22)27-17-32(21)16-19-8-7-18(14-20(19)33-3)15-31-11-6-10-30(2)12-13-31/h7-8,14,17H,4-6,9-13,15-16H2,1-3H3,(H3,25,26,28,29). The summed E-state index contributed by atoms with van der Waals surface area (Å²) >= 11 is 0. The number of aromatic nitrogens is 4. The summed E-state index contributed by atoms with van der Waals surface area (Å²) < 4.78 is 7.84. The molecule has 33 heavy (non-hydrogen) atoms. The highest BCUT2D eigenvalue weighted by Crippen LogP contribution is 2.26.